The number of benzene rings is 1. The molecular weight excluding hydrogens is 358 g/mol. The number of likely N-dealkylation sites (tertiary alicyclic amines) is 1. The Morgan fingerprint density at radius 1 is 1.30 bits per heavy atom. The van der Waals surface area contributed by atoms with Crippen molar-refractivity contribution in [1.82, 2.24) is 15.2 Å². The molecule has 0 radical (unpaired) electrons. The molecule has 1 aromatic heterocycles. The number of thiazole rings is 1. The molecule has 0 aliphatic carbocycles. The first-order valence-corrected chi connectivity index (χ1v) is 10.5. The second-order valence-electron chi connectivity index (χ2n) is 7.07. The van der Waals surface area contributed by atoms with Crippen molar-refractivity contribution in [3.8, 4) is 0 Å². The van der Waals surface area contributed by atoms with Gasteiger partial charge < -0.3 is 10.2 Å². The minimum absolute atomic E-state index is 0.0771. The molecule has 1 saturated heterocycles. The number of nitrogens with zero attached hydrogens (tertiary/aromatic N) is 2. The van der Waals surface area contributed by atoms with Crippen LogP contribution in [0.15, 0.2) is 35.8 Å². The molecule has 0 spiro atoms. The van der Waals surface area contributed by atoms with Crippen LogP contribution in [0.4, 0.5) is 0 Å². The summed E-state index contributed by atoms with van der Waals surface area (Å²) in [4.78, 5) is 32.1. The summed E-state index contributed by atoms with van der Waals surface area (Å²) >= 11 is 1.67. The molecular formula is C21H27N3O2S. The van der Waals surface area contributed by atoms with E-state index in [1.54, 1.807) is 11.3 Å². The fourth-order valence-electron chi connectivity index (χ4n) is 3.42. The lowest BCUT2D eigenvalue weighted by molar-refractivity contribution is -0.138. The first kappa shape index (κ1) is 19.5. The Balaban J connectivity index is 1.41. The van der Waals surface area contributed by atoms with Crippen molar-refractivity contribution in [3.05, 3.63) is 52.0 Å². The van der Waals surface area contributed by atoms with Gasteiger partial charge in [-0.1, -0.05) is 30.3 Å². The largest absolute Gasteiger partial charge is 0.356 e. The minimum Gasteiger partial charge on any atom is -0.356 e. The van der Waals surface area contributed by atoms with Gasteiger partial charge in [0, 0.05) is 30.9 Å². The van der Waals surface area contributed by atoms with Crippen LogP contribution in [0.5, 0.6) is 0 Å². The summed E-state index contributed by atoms with van der Waals surface area (Å²) in [5, 5.41) is 3.05. The Labute approximate surface area is 164 Å². The van der Waals surface area contributed by atoms with Crippen LogP contribution >= 0.6 is 11.3 Å². The van der Waals surface area contributed by atoms with Gasteiger partial charge >= 0.3 is 0 Å². The monoisotopic (exact) mass is 385 g/mol. The number of carbonyl (C=O) groups excluding carboxylic acids is 2. The summed E-state index contributed by atoms with van der Waals surface area (Å²) in [6, 6.07) is 10.2. The minimum atomic E-state index is -0.0939. The lowest BCUT2D eigenvalue weighted by Gasteiger charge is -2.32. The van der Waals surface area contributed by atoms with Crippen LogP contribution in [0.2, 0.25) is 0 Å². The zero-order chi connectivity index (χ0) is 19.1. The van der Waals surface area contributed by atoms with E-state index in [0.29, 0.717) is 32.5 Å². The zero-order valence-corrected chi connectivity index (χ0v) is 16.6. The second-order valence-corrected chi connectivity index (χ2v) is 8.01. The molecule has 1 atom stereocenters. The average molecular weight is 386 g/mol. The topological polar surface area (TPSA) is 62.3 Å². The Morgan fingerprint density at radius 2 is 2.11 bits per heavy atom. The fraction of sp³-hybridized carbons (Fsp3) is 0.476. The van der Waals surface area contributed by atoms with Crippen LogP contribution in [0.25, 0.3) is 0 Å². The molecule has 0 bridgehead atoms. The van der Waals surface area contributed by atoms with E-state index in [9.17, 15) is 9.59 Å². The zero-order valence-electron chi connectivity index (χ0n) is 15.8. The predicted molar refractivity (Wildman–Crippen MR) is 108 cm³/mol. The van der Waals surface area contributed by atoms with E-state index in [-0.39, 0.29) is 17.7 Å². The molecule has 1 aromatic carbocycles. The predicted octanol–water partition coefficient (Wildman–Crippen LogP) is 2.98. The van der Waals surface area contributed by atoms with Crippen molar-refractivity contribution in [2.45, 2.75) is 39.0 Å². The van der Waals surface area contributed by atoms with Gasteiger partial charge in [-0.25, -0.2) is 4.98 Å². The highest BCUT2D eigenvalue weighted by Gasteiger charge is 2.29. The van der Waals surface area contributed by atoms with E-state index in [1.807, 2.05) is 35.5 Å². The van der Waals surface area contributed by atoms with Crippen LogP contribution < -0.4 is 5.32 Å². The molecule has 27 heavy (non-hydrogen) atoms. The van der Waals surface area contributed by atoms with Gasteiger partial charge in [0.25, 0.3) is 0 Å². The molecule has 1 fully saturated rings. The number of carbonyl (C=O) groups is 2. The lowest BCUT2D eigenvalue weighted by atomic mass is 9.96. The first-order valence-electron chi connectivity index (χ1n) is 9.62. The quantitative estimate of drug-likeness (QED) is 0.711. The van der Waals surface area contributed by atoms with E-state index in [4.69, 9.17) is 0 Å². The number of aromatic nitrogens is 1. The van der Waals surface area contributed by atoms with Crippen molar-refractivity contribution in [3.63, 3.8) is 0 Å². The van der Waals surface area contributed by atoms with E-state index < -0.39 is 0 Å². The number of hydrogen-bond acceptors (Lipinski definition) is 4. The summed E-state index contributed by atoms with van der Waals surface area (Å²) in [6.45, 7) is 3.90. The van der Waals surface area contributed by atoms with Crippen molar-refractivity contribution in [2.24, 2.45) is 5.92 Å². The maximum atomic E-state index is 12.5. The van der Waals surface area contributed by atoms with Gasteiger partial charge in [-0.2, -0.15) is 0 Å². The molecule has 2 aromatic rings. The number of nitrogens with one attached hydrogen (secondary N) is 1. The third-order valence-electron chi connectivity index (χ3n) is 5.11. The molecule has 1 N–H and O–H groups in total. The van der Waals surface area contributed by atoms with Crippen LogP contribution in [0, 0.1) is 12.8 Å². The van der Waals surface area contributed by atoms with Gasteiger partial charge in [0.2, 0.25) is 11.8 Å². The first-order chi connectivity index (χ1) is 13.1. The maximum Gasteiger partial charge on any atom is 0.224 e. The normalized spacial score (nSPS) is 17.1. The van der Waals surface area contributed by atoms with E-state index in [0.717, 1.165) is 25.0 Å². The van der Waals surface area contributed by atoms with Crippen LogP contribution in [0.1, 0.15) is 35.4 Å². The third kappa shape index (κ3) is 5.63. The van der Waals surface area contributed by atoms with Gasteiger partial charge in [-0.15, -0.1) is 11.3 Å². The van der Waals surface area contributed by atoms with Gasteiger partial charge in [-0.3, -0.25) is 9.59 Å². The number of hydrogen-bond donors (Lipinski definition) is 1. The molecule has 0 unspecified atom stereocenters. The van der Waals surface area contributed by atoms with E-state index >= 15 is 0 Å². The summed E-state index contributed by atoms with van der Waals surface area (Å²) < 4.78 is 0. The Morgan fingerprint density at radius 3 is 2.85 bits per heavy atom. The summed E-state index contributed by atoms with van der Waals surface area (Å²) in [5.74, 6) is 0.146. The van der Waals surface area contributed by atoms with Gasteiger partial charge in [0.05, 0.1) is 17.1 Å². The molecule has 1 aliphatic rings. The van der Waals surface area contributed by atoms with Crippen LogP contribution in [-0.4, -0.2) is 41.3 Å². The lowest BCUT2D eigenvalue weighted by Crippen LogP contribution is -2.46. The molecule has 144 valence electrons. The van der Waals surface area contributed by atoms with Crippen LogP contribution in [0.3, 0.4) is 0 Å². The number of piperidine rings is 1. The number of amides is 2. The Kier molecular flexibility index (Phi) is 6.98. The van der Waals surface area contributed by atoms with Crippen LogP contribution in [-0.2, 0) is 22.4 Å². The molecule has 3 rings (SSSR count). The summed E-state index contributed by atoms with van der Waals surface area (Å²) in [5.41, 5.74) is 4.17. The highest BCUT2D eigenvalue weighted by molar-refractivity contribution is 7.09. The van der Waals surface area contributed by atoms with E-state index in [1.165, 1.54) is 10.4 Å². The number of rotatable bonds is 8. The van der Waals surface area contributed by atoms with Gasteiger partial charge in [-0.05, 0) is 38.2 Å². The third-order valence-corrected chi connectivity index (χ3v) is 6.10. The highest BCUT2D eigenvalue weighted by atomic mass is 32.1. The van der Waals surface area contributed by atoms with Crippen molar-refractivity contribution < 1.29 is 9.59 Å². The summed E-state index contributed by atoms with van der Waals surface area (Å²) in [6.07, 6.45) is 3.81. The molecule has 6 heteroatoms. The molecule has 2 amide bonds. The SMILES string of the molecule is Cc1ncsc1CCCNC(=O)[C@@H]1CCC(=O)N(CCc2ccccc2)C1. The Bertz CT molecular complexity index is 760. The van der Waals surface area contributed by atoms with Crippen molar-refractivity contribution in [2.75, 3.05) is 19.6 Å². The second kappa shape index (κ2) is 9.65. The average Bonchev–Trinajstić information content (AvgIpc) is 3.10. The molecule has 5 nitrogen and oxygen atoms in total. The van der Waals surface area contributed by atoms with Crippen molar-refractivity contribution >= 4 is 23.2 Å². The van der Waals surface area contributed by atoms with Gasteiger partial charge in [0.1, 0.15) is 0 Å². The standard InChI is InChI=1S/C21H27N3O2S/c1-16-19(27-15-23-16)8-5-12-22-21(26)18-9-10-20(25)24(14-18)13-11-17-6-3-2-4-7-17/h2-4,6-7,15,18H,5,8-14H2,1H3,(H,22,26)/t18-/m1/s1. The smallest absolute Gasteiger partial charge is 0.224 e. The fourth-order valence-corrected chi connectivity index (χ4v) is 4.25. The highest BCUT2D eigenvalue weighted by Crippen LogP contribution is 2.19. The van der Waals surface area contributed by atoms with Gasteiger partial charge in [0.15, 0.2) is 0 Å². The molecule has 2 heterocycles. The van der Waals surface area contributed by atoms with Crippen molar-refractivity contribution in [1.29, 1.82) is 0 Å². The number of aryl methyl sites for hydroxylation is 2. The Hall–Kier alpha value is -2.21. The maximum absolute atomic E-state index is 12.5. The van der Waals surface area contributed by atoms with E-state index in [2.05, 4.69) is 22.4 Å². The molecule has 0 saturated carbocycles. The summed E-state index contributed by atoms with van der Waals surface area (Å²) in [7, 11) is 0. The molecule has 1 aliphatic heterocycles.